The van der Waals surface area contributed by atoms with Gasteiger partial charge in [-0.05, 0) is 29.7 Å². The summed E-state index contributed by atoms with van der Waals surface area (Å²) in [6, 6.07) is 5.84. The summed E-state index contributed by atoms with van der Waals surface area (Å²) in [7, 11) is 0. The maximum Gasteiger partial charge on any atom is 0.0718 e. The number of hydrogen-bond acceptors (Lipinski definition) is 2. The Morgan fingerprint density at radius 3 is 2.64 bits per heavy atom. The summed E-state index contributed by atoms with van der Waals surface area (Å²) < 4.78 is 6.52. The molecule has 0 aromatic heterocycles. The molecule has 3 heteroatoms. The molecule has 0 aliphatic rings. The average Bonchev–Trinajstić information content (AvgIpc) is 2.01. The molecule has 0 unspecified atom stereocenters. The van der Waals surface area contributed by atoms with Crippen LogP contribution >= 0.6 is 15.9 Å². The topological polar surface area (TPSA) is 35.2 Å². The second kappa shape index (κ2) is 5.37. The highest BCUT2D eigenvalue weighted by Gasteiger charge is 1.98. The van der Waals surface area contributed by atoms with Gasteiger partial charge in [0.05, 0.1) is 6.61 Å². The van der Waals surface area contributed by atoms with Crippen molar-refractivity contribution >= 4 is 21.6 Å². The van der Waals surface area contributed by atoms with Crippen molar-refractivity contribution in [3.8, 4) is 0 Å². The molecule has 0 fully saturated rings. The van der Waals surface area contributed by atoms with Crippen LogP contribution in [0.3, 0.4) is 0 Å². The zero-order valence-electron chi connectivity index (χ0n) is 8.59. The van der Waals surface area contributed by atoms with E-state index in [0.717, 1.165) is 22.3 Å². The monoisotopic (exact) mass is 257 g/mol. The first-order valence-electron chi connectivity index (χ1n) is 4.70. The summed E-state index contributed by atoms with van der Waals surface area (Å²) in [5.74, 6) is 0.569. The largest absolute Gasteiger partial charge is 0.399 e. The number of anilines is 1. The molecule has 78 valence electrons. The summed E-state index contributed by atoms with van der Waals surface area (Å²) in [6.45, 7) is 5.68. The van der Waals surface area contributed by atoms with Crippen molar-refractivity contribution in [1.29, 1.82) is 0 Å². The molecule has 0 saturated carbocycles. The van der Waals surface area contributed by atoms with Crippen LogP contribution < -0.4 is 5.73 Å². The molecule has 1 rings (SSSR count). The highest BCUT2D eigenvalue weighted by atomic mass is 79.9. The second-order valence-electron chi connectivity index (χ2n) is 3.80. The van der Waals surface area contributed by atoms with Crippen molar-refractivity contribution in [3.63, 3.8) is 0 Å². The van der Waals surface area contributed by atoms with E-state index in [1.54, 1.807) is 0 Å². The first kappa shape index (κ1) is 11.5. The van der Waals surface area contributed by atoms with Gasteiger partial charge in [-0.3, -0.25) is 0 Å². The van der Waals surface area contributed by atoms with E-state index in [2.05, 4.69) is 29.8 Å². The van der Waals surface area contributed by atoms with E-state index in [1.165, 1.54) is 0 Å². The van der Waals surface area contributed by atoms with Gasteiger partial charge in [-0.1, -0.05) is 29.8 Å². The van der Waals surface area contributed by atoms with Gasteiger partial charge in [0.15, 0.2) is 0 Å². The molecule has 1 aromatic carbocycles. The first-order chi connectivity index (χ1) is 6.58. The van der Waals surface area contributed by atoms with Crippen molar-refractivity contribution in [1.82, 2.24) is 0 Å². The van der Waals surface area contributed by atoms with Crippen LogP contribution in [-0.4, -0.2) is 6.61 Å². The summed E-state index contributed by atoms with van der Waals surface area (Å²) in [6.07, 6.45) is 0. The Hall–Kier alpha value is -0.540. The van der Waals surface area contributed by atoms with Gasteiger partial charge in [0.2, 0.25) is 0 Å². The first-order valence-corrected chi connectivity index (χ1v) is 5.50. The Labute approximate surface area is 93.6 Å². The van der Waals surface area contributed by atoms with E-state index in [1.807, 2.05) is 18.2 Å². The quantitative estimate of drug-likeness (QED) is 0.841. The molecule has 0 radical (unpaired) electrons. The van der Waals surface area contributed by atoms with Crippen molar-refractivity contribution in [2.75, 3.05) is 12.3 Å². The lowest BCUT2D eigenvalue weighted by Gasteiger charge is -2.07. The summed E-state index contributed by atoms with van der Waals surface area (Å²) in [5.41, 5.74) is 7.58. The molecule has 1 aromatic rings. The summed E-state index contributed by atoms with van der Waals surface area (Å²) in [5, 5.41) is 0. The third-order valence-corrected chi connectivity index (χ3v) is 2.16. The van der Waals surface area contributed by atoms with Gasteiger partial charge < -0.3 is 10.5 Å². The number of hydrogen-bond donors (Lipinski definition) is 1. The molecule has 0 aliphatic carbocycles. The third kappa shape index (κ3) is 4.11. The molecule has 0 spiro atoms. The molecular weight excluding hydrogens is 242 g/mol. The molecular formula is C11H16BrNO. The predicted octanol–water partition coefficient (Wildman–Crippen LogP) is 3.20. The van der Waals surface area contributed by atoms with Gasteiger partial charge in [-0.2, -0.15) is 0 Å². The number of ether oxygens (including phenoxy) is 1. The highest BCUT2D eigenvalue weighted by Crippen LogP contribution is 2.17. The predicted molar refractivity (Wildman–Crippen MR) is 63.0 cm³/mol. The second-order valence-corrected chi connectivity index (χ2v) is 4.72. The van der Waals surface area contributed by atoms with E-state index in [-0.39, 0.29) is 0 Å². The van der Waals surface area contributed by atoms with Crippen molar-refractivity contribution in [3.05, 3.63) is 28.2 Å². The van der Waals surface area contributed by atoms with Gasteiger partial charge >= 0.3 is 0 Å². The molecule has 14 heavy (non-hydrogen) atoms. The van der Waals surface area contributed by atoms with Crippen LogP contribution in [0.25, 0.3) is 0 Å². The van der Waals surface area contributed by atoms with Crippen LogP contribution in [-0.2, 0) is 11.3 Å². The summed E-state index contributed by atoms with van der Waals surface area (Å²) in [4.78, 5) is 0. The van der Waals surface area contributed by atoms with Crippen molar-refractivity contribution in [2.45, 2.75) is 20.5 Å². The molecule has 0 aliphatic heterocycles. The lowest BCUT2D eigenvalue weighted by molar-refractivity contribution is 0.0971. The molecule has 2 nitrogen and oxygen atoms in total. The van der Waals surface area contributed by atoms with Crippen LogP contribution in [0.15, 0.2) is 22.7 Å². The fourth-order valence-corrected chi connectivity index (χ4v) is 1.73. The number of halogens is 1. The maximum absolute atomic E-state index is 5.71. The number of benzene rings is 1. The minimum atomic E-state index is 0.569. The molecule has 2 N–H and O–H groups in total. The Balaban J connectivity index is 2.50. The van der Waals surface area contributed by atoms with E-state index >= 15 is 0 Å². The van der Waals surface area contributed by atoms with Gasteiger partial charge in [-0.15, -0.1) is 0 Å². The van der Waals surface area contributed by atoms with Gasteiger partial charge in [-0.25, -0.2) is 0 Å². The Bertz CT molecular complexity index is 279. The smallest absolute Gasteiger partial charge is 0.0718 e. The van der Waals surface area contributed by atoms with Crippen LogP contribution in [0.2, 0.25) is 0 Å². The highest BCUT2D eigenvalue weighted by molar-refractivity contribution is 9.10. The Morgan fingerprint density at radius 2 is 2.07 bits per heavy atom. The van der Waals surface area contributed by atoms with E-state index < -0.39 is 0 Å². The Morgan fingerprint density at radius 1 is 1.36 bits per heavy atom. The fourth-order valence-electron chi connectivity index (χ4n) is 1.17. The normalized spacial score (nSPS) is 10.9. The van der Waals surface area contributed by atoms with Gasteiger partial charge in [0, 0.05) is 16.8 Å². The molecule has 0 amide bonds. The number of nitrogen functional groups attached to an aromatic ring is 1. The standard InChI is InChI=1S/C11H16BrNO/c1-8(2)6-14-7-9-3-10(12)5-11(13)4-9/h3-5,8H,6-7,13H2,1-2H3. The zero-order chi connectivity index (χ0) is 10.6. The van der Waals surface area contributed by atoms with E-state index in [0.29, 0.717) is 12.5 Å². The van der Waals surface area contributed by atoms with Gasteiger partial charge in [0.25, 0.3) is 0 Å². The SMILES string of the molecule is CC(C)COCc1cc(N)cc(Br)c1. The average molecular weight is 258 g/mol. The van der Waals surface area contributed by atoms with E-state index in [4.69, 9.17) is 10.5 Å². The molecule has 0 bridgehead atoms. The van der Waals surface area contributed by atoms with Crippen LogP contribution in [0, 0.1) is 5.92 Å². The van der Waals surface area contributed by atoms with Crippen molar-refractivity contribution in [2.24, 2.45) is 5.92 Å². The zero-order valence-corrected chi connectivity index (χ0v) is 10.2. The third-order valence-electron chi connectivity index (χ3n) is 1.70. The molecule has 0 atom stereocenters. The maximum atomic E-state index is 5.71. The van der Waals surface area contributed by atoms with Crippen LogP contribution in [0.1, 0.15) is 19.4 Å². The lowest BCUT2D eigenvalue weighted by Crippen LogP contribution is -2.02. The van der Waals surface area contributed by atoms with Crippen molar-refractivity contribution < 1.29 is 4.74 Å². The lowest BCUT2D eigenvalue weighted by atomic mass is 10.2. The minimum Gasteiger partial charge on any atom is -0.399 e. The number of nitrogens with two attached hydrogens (primary N) is 1. The van der Waals surface area contributed by atoms with Gasteiger partial charge in [0.1, 0.15) is 0 Å². The summed E-state index contributed by atoms with van der Waals surface area (Å²) >= 11 is 3.40. The number of rotatable bonds is 4. The Kier molecular flexibility index (Phi) is 4.42. The van der Waals surface area contributed by atoms with Crippen LogP contribution in [0.5, 0.6) is 0 Å². The fraction of sp³-hybridized carbons (Fsp3) is 0.455. The minimum absolute atomic E-state index is 0.569. The molecule has 0 saturated heterocycles. The van der Waals surface area contributed by atoms with Crippen LogP contribution in [0.4, 0.5) is 5.69 Å². The molecule has 0 heterocycles. The van der Waals surface area contributed by atoms with E-state index in [9.17, 15) is 0 Å².